The minimum Gasteiger partial charge on any atom is -0.357 e. The molecule has 1 N–H and O–H groups in total. The Morgan fingerprint density at radius 1 is 1.04 bits per heavy atom. The van der Waals surface area contributed by atoms with Gasteiger partial charge in [-0.15, -0.1) is 0 Å². The van der Waals surface area contributed by atoms with E-state index in [-0.39, 0.29) is 0 Å². The molecule has 0 amide bonds. The van der Waals surface area contributed by atoms with Crippen LogP contribution in [0, 0.1) is 0 Å². The van der Waals surface area contributed by atoms with Gasteiger partial charge < -0.3 is 24.9 Å². The summed E-state index contributed by atoms with van der Waals surface area (Å²) < 4.78 is 0. The Kier molecular flexibility index (Phi) is 8.29. The first-order valence-electron chi connectivity index (χ1n) is 10.7. The predicted octanol–water partition coefficient (Wildman–Crippen LogP) is 0.592. The summed E-state index contributed by atoms with van der Waals surface area (Å²) in [5, 5.41) is 3.47. The summed E-state index contributed by atoms with van der Waals surface area (Å²) in [4.78, 5) is 23.3. The van der Waals surface area contributed by atoms with Gasteiger partial charge >= 0.3 is 0 Å². The molecule has 1 aromatic heterocycles. The van der Waals surface area contributed by atoms with Crippen LogP contribution in [0.25, 0.3) is 0 Å². The normalized spacial score (nSPS) is 20.3. The number of nitrogens with zero attached hydrogens (tertiary/aromatic N) is 7. The Hall–Kier alpha value is -1.93. The van der Waals surface area contributed by atoms with Gasteiger partial charge in [-0.05, 0) is 52.5 Å². The largest absolute Gasteiger partial charge is 0.357 e. The maximum Gasteiger partial charge on any atom is 0.225 e. The van der Waals surface area contributed by atoms with Crippen LogP contribution in [0.5, 0.6) is 0 Å². The van der Waals surface area contributed by atoms with E-state index in [0.717, 1.165) is 64.1 Å². The van der Waals surface area contributed by atoms with Crippen LogP contribution in [-0.4, -0.2) is 110 Å². The first-order chi connectivity index (χ1) is 13.8. The molecule has 3 rings (SSSR count). The van der Waals surface area contributed by atoms with Crippen LogP contribution < -0.4 is 10.2 Å². The molecule has 28 heavy (non-hydrogen) atoms. The van der Waals surface area contributed by atoms with Crippen molar-refractivity contribution in [2.24, 2.45) is 4.99 Å². The number of aliphatic imine (C=N–C) groups is 1. The standard InChI is InChI=1S/C20H36N8/c1-3-21-19(24-9-5-11-26-12-6-10-25(2)13-14-26)27-15-17-28(18-16-27)20-22-7-4-8-23-20/h4,7-8H,3,5-6,9-18H2,1-2H3,(H,21,24). The van der Waals surface area contributed by atoms with E-state index in [1.807, 2.05) is 18.5 Å². The van der Waals surface area contributed by atoms with E-state index in [2.05, 4.69) is 48.9 Å². The molecule has 0 atom stereocenters. The zero-order valence-electron chi connectivity index (χ0n) is 17.6. The molecule has 0 spiro atoms. The van der Waals surface area contributed by atoms with E-state index < -0.39 is 0 Å². The summed E-state index contributed by atoms with van der Waals surface area (Å²) in [6.45, 7) is 13.6. The second kappa shape index (κ2) is 11.2. The third-order valence-electron chi connectivity index (χ3n) is 5.46. The average Bonchev–Trinajstić information content (AvgIpc) is 2.95. The number of guanidine groups is 1. The quantitative estimate of drug-likeness (QED) is 0.435. The molecular formula is C20H36N8. The Labute approximate surface area is 169 Å². The SMILES string of the molecule is CCNC(=NCCCN1CCCN(C)CC1)N1CCN(c2ncccn2)CC1. The van der Waals surface area contributed by atoms with Crippen molar-refractivity contribution in [3.05, 3.63) is 18.5 Å². The van der Waals surface area contributed by atoms with Gasteiger partial charge in [-0.1, -0.05) is 0 Å². The van der Waals surface area contributed by atoms with E-state index >= 15 is 0 Å². The van der Waals surface area contributed by atoms with Crippen molar-refractivity contribution in [2.45, 2.75) is 19.8 Å². The number of hydrogen-bond acceptors (Lipinski definition) is 6. The lowest BCUT2D eigenvalue weighted by Crippen LogP contribution is -2.53. The van der Waals surface area contributed by atoms with Crippen molar-refractivity contribution in [2.75, 3.05) is 83.9 Å². The average molecular weight is 389 g/mol. The minimum absolute atomic E-state index is 0.826. The second-order valence-corrected chi connectivity index (χ2v) is 7.61. The molecule has 2 fully saturated rings. The molecular weight excluding hydrogens is 352 g/mol. The lowest BCUT2D eigenvalue weighted by Gasteiger charge is -2.36. The first-order valence-corrected chi connectivity index (χ1v) is 10.7. The topological polar surface area (TPSA) is 63.1 Å². The van der Waals surface area contributed by atoms with Gasteiger partial charge in [0.05, 0.1) is 0 Å². The van der Waals surface area contributed by atoms with Crippen LogP contribution in [0.4, 0.5) is 5.95 Å². The number of likely N-dealkylation sites (N-methyl/N-ethyl adjacent to an activating group) is 1. The van der Waals surface area contributed by atoms with Crippen molar-refractivity contribution in [1.29, 1.82) is 0 Å². The molecule has 2 saturated heterocycles. The van der Waals surface area contributed by atoms with Crippen molar-refractivity contribution in [3.63, 3.8) is 0 Å². The Morgan fingerprint density at radius 3 is 2.57 bits per heavy atom. The number of hydrogen-bond donors (Lipinski definition) is 1. The molecule has 0 radical (unpaired) electrons. The van der Waals surface area contributed by atoms with E-state index in [0.29, 0.717) is 0 Å². The van der Waals surface area contributed by atoms with Crippen molar-refractivity contribution < 1.29 is 0 Å². The zero-order valence-corrected chi connectivity index (χ0v) is 17.6. The molecule has 2 aliphatic rings. The van der Waals surface area contributed by atoms with Gasteiger partial charge in [0.1, 0.15) is 0 Å². The molecule has 156 valence electrons. The monoisotopic (exact) mass is 388 g/mol. The van der Waals surface area contributed by atoms with Gasteiger partial charge in [0.15, 0.2) is 5.96 Å². The van der Waals surface area contributed by atoms with Crippen molar-refractivity contribution in [1.82, 2.24) is 30.0 Å². The highest BCUT2D eigenvalue weighted by Gasteiger charge is 2.21. The molecule has 2 aliphatic heterocycles. The van der Waals surface area contributed by atoms with Crippen LogP contribution in [0.2, 0.25) is 0 Å². The third-order valence-corrected chi connectivity index (χ3v) is 5.46. The molecule has 1 aromatic rings. The summed E-state index contributed by atoms with van der Waals surface area (Å²) in [7, 11) is 2.22. The van der Waals surface area contributed by atoms with E-state index in [1.165, 1.54) is 32.6 Å². The van der Waals surface area contributed by atoms with Crippen LogP contribution in [0.3, 0.4) is 0 Å². The molecule has 3 heterocycles. The molecule has 0 bridgehead atoms. The number of rotatable bonds is 6. The molecule has 0 aromatic carbocycles. The molecule has 0 saturated carbocycles. The maximum absolute atomic E-state index is 4.90. The van der Waals surface area contributed by atoms with Crippen LogP contribution in [0.15, 0.2) is 23.5 Å². The molecule has 8 nitrogen and oxygen atoms in total. The highest BCUT2D eigenvalue weighted by Crippen LogP contribution is 2.10. The zero-order chi connectivity index (χ0) is 19.6. The van der Waals surface area contributed by atoms with Gasteiger partial charge in [0, 0.05) is 64.8 Å². The van der Waals surface area contributed by atoms with Crippen molar-refractivity contribution >= 4 is 11.9 Å². The first kappa shape index (κ1) is 20.8. The number of aromatic nitrogens is 2. The fraction of sp³-hybridized carbons (Fsp3) is 0.750. The van der Waals surface area contributed by atoms with Gasteiger partial charge in [0.25, 0.3) is 0 Å². The van der Waals surface area contributed by atoms with Gasteiger partial charge in [-0.3, -0.25) is 4.99 Å². The highest BCUT2D eigenvalue weighted by atomic mass is 15.4. The highest BCUT2D eigenvalue weighted by molar-refractivity contribution is 5.80. The number of anilines is 1. The summed E-state index contributed by atoms with van der Waals surface area (Å²) in [5.41, 5.74) is 0. The molecule has 0 aliphatic carbocycles. The molecule has 8 heteroatoms. The summed E-state index contributed by atoms with van der Waals surface area (Å²) in [6.07, 6.45) is 6.01. The van der Waals surface area contributed by atoms with Crippen LogP contribution in [-0.2, 0) is 0 Å². The fourth-order valence-electron chi connectivity index (χ4n) is 3.80. The Morgan fingerprint density at radius 2 is 1.82 bits per heavy atom. The van der Waals surface area contributed by atoms with Gasteiger partial charge in [-0.25, -0.2) is 9.97 Å². The summed E-state index contributed by atoms with van der Waals surface area (Å²) in [5.74, 6) is 1.87. The Bertz CT molecular complexity index is 585. The summed E-state index contributed by atoms with van der Waals surface area (Å²) >= 11 is 0. The lowest BCUT2D eigenvalue weighted by atomic mass is 10.3. The van der Waals surface area contributed by atoms with E-state index in [4.69, 9.17) is 4.99 Å². The van der Waals surface area contributed by atoms with Gasteiger partial charge in [-0.2, -0.15) is 0 Å². The second-order valence-electron chi connectivity index (χ2n) is 7.61. The molecule has 0 unspecified atom stereocenters. The van der Waals surface area contributed by atoms with E-state index in [1.54, 1.807) is 0 Å². The maximum atomic E-state index is 4.90. The minimum atomic E-state index is 0.826. The number of nitrogens with one attached hydrogen (secondary N) is 1. The summed E-state index contributed by atoms with van der Waals surface area (Å²) in [6, 6.07) is 1.86. The van der Waals surface area contributed by atoms with Gasteiger partial charge in [0.2, 0.25) is 5.95 Å². The Balaban J connectivity index is 1.44. The fourth-order valence-corrected chi connectivity index (χ4v) is 3.80. The van der Waals surface area contributed by atoms with Crippen LogP contribution >= 0.6 is 0 Å². The lowest BCUT2D eigenvalue weighted by molar-refractivity contribution is 0.274. The van der Waals surface area contributed by atoms with Crippen molar-refractivity contribution in [3.8, 4) is 0 Å². The van der Waals surface area contributed by atoms with Crippen LogP contribution in [0.1, 0.15) is 19.8 Å². The smallest absolute Gasteiger partial charge is 0.225 e. The van der Waals surface area contributed by atoms with E-state index in [9.17, 15) is 0 Å². The number of piperazine rings is 1. The third kappa shape index (κ3) is 6.31. The predicted molar refractivity (Wildman–Crippen MR) is 115 cm³/mol.